The van der Waals surface area contributed by atoms with Crippen molar-refractivity contribution in [2.45, 2.75) is 25.9 Å². The summed E-state index contributed by atoms with van der Waals surface area (Å²) in [6.45, 7) is 2.32. The van der Waals surface area contributed by atoms with E-state index in [4.69, 9.17) is 5.26 Å². The van der Waals surface area contributed by atoms with Crippen LogP contribution >= 0.6 is 0 Å². The summed E-state index contributed by atoms with van der Waals surface area (Å²) in [5.41, 5.74) is 2.35. The van der Waals surface area contributed by atoms with E-state index in [9.17, 15) is 10.1 Å². The predicted octanol–water partition coefficient (Wildman–Crippen LogP) is 3.90. The molecule has 0 spiro atoms. The van der Waals surface area contributed by atoms with E-state index < -0.39 is 4.92 Å². The van der Waals surface area contributed by atoms with Crippen molar-refractivity contribution >= 4 is 5.69 Å². The van der Waals surface area contributed by atoms with Gasteiger partial charge in [-0.05, 0) is 24.1 Å². The fraction of sp³-hybridized carbons (Fsp3) is 0.278. The number of hydrogen-bond acceptors (Lipinski definition) is 4. The number of benzene rings is 2. The zero-order valence-corrected chi connectivity index (χ0v) is 12.9. The first-order valence-electron chi connectivity index (χ1n) is 7.55. The molecule has 2 rings (SSSR count). The Labute approximate surface area is 135 Å². The Bertz CT molecular complexity index is 663. The maximum absolute atomic E-state index is 10.7. The van der Waals surface area contributed by atoms with Crippen LogP contribution in [0.2, 0.25) is 0 Å². The molecule has 0 aliphatic rings. The molecule has 0 aliphatic heterocycles. The molecule has 2 aromatic rings. The molecule has 0 saturated heterocycles. The maximum atomic E-state index is 10.7. The van der Waals surface area contributed by atoms with Gasteiger partial charge in [-0.25, -0.2) is 0 Å². The van der Waals surface area contributed by atoms with Gasteiger partial charge >= 0.3 is 0 Å². The summed E-state index contributed by atoms with van der Waals surface area (Å²) in [5, 5.41) is 19.4. The maximum Gasteiger partial charge on any atom is 0.269 e. The highest BCUT2D eigenvalue weighted by atomic mass is 16.6. The van der Waals surface area contributed by atoms with E-state index in [-0.39, 0.29) is 5.69 Å². The SMILES string of the molecule is N#CCCCN(Cc1ccccc1)Cc1ccc([N+](=O)[O-])cc1. The van der Waals surface area contributed by atoms with E-state index in [1.165, 1.54) is 17.7 Å². The van der Waals surface area contributed by atoms with Gasteiger partial charge in [0.2, 0.25) is 0 Å². The Morgan fingerprint density at radius 2 is 1.61 bits per heavy atom. The Kier molecular flexibility index (Phi) is 6.28. The monoisotopic (exact) mass is 309 g/mol. The van der Waals surface area contributed by atoms with Crippen LogP contribution in [0.1, 0.15) is 24.0 Å². The first kappa shape index (κ1) is 16.7. The van der Waals surface area contributed by atoms with Gasteiger partial charge in [0.05, 0.1) is 11.0 Å². The molecular weight excluding hydrogens is 290 g/mol. The van der Waals surface area contributed by atoms with Crippen LogP contribution in [0.15, 0.2) is 54.6 Å². The van der Waals surface area contributed by atoms with Crippen LogP contribution in [0.4, 0.5) is 5.69 Å². The third-order valence-corrected chi connectivity index (χ3v) is 3.57. The minimum absolute atomic E-state index is 0.104. The predicted molar refractivity (Wildman–Crippen MR) is 88.5 cm³/mol. The number of unbranched alkanes of at least 4 members (excludes halogenated alkanes) is 1. The summed E-state index contributed by atoms with van der Waals surface area (Å²) >= 11 is 0. The smallest absolute Gasteiger partial charge is 0.269 e. The van der Waals surface area contributed by atoms with Crippen molar-refractivity contribution < 1.29 is 4.92 Å². The van der Waals surface area contributed by atoms with Gasteiger partial charge in [-0.3, -0.25) is 15.0 Å². The number of nitriles is 1. The third-order valence-electron chi connectivity index (χ3n) is 3.57. The number of non-ortho nitro benzene ring substituents is 1. The van der Waals surface area contributed by atoms with Crippen LogP contribution in [0, 0.1) is 21.4 Å². The van der Waals surface area contributed by atoms with Crippen LogP contribution < -0.4 is 0 Å². The van der Waals surface area contributed by atoms with Crippen LogP contribution in [0.3, 0.4) is 0 Å². The van der Waals surface area contributed by atoms with Gasteiger partial charge in [-0.1, -0.05) is 42.5 Å². The molecule has 0 atom stereocenters. The normalized spacial score (nSPS) is 10.4. The van der Waals surface area contributed by atoms with Crippen molar-refractivity contribution in [2.75, 3.05) is 6.54 Å². The van der Waals surface area contributed by atoms with Gasteiger partial charge in [-0.2, -0.15) is 5.26 Å². The van der Waals surface area contributed by atoms with Gasteiger partial charge in [0.15, 0.2) is 0 Å². The lowest BCUT2D eigenvalue weighted by atomic mass is 10.1. The van der Waals surface area contributed by atoms with Gasteiger partial charge in [0.1, 0.15) is 0 Å². The number of hydrogen-bond donors (Lipinski definition) is 0. The van der Waals surface area contributed by atoms with Crippen LogP contribution in [0.5, 0.6) is 0 Å². The lowest BCUT2D eigenvalue weighted by Gasteiger charge is -2.22. The van der Waals surface area contributed by atoms with E-state index in [1.807, 2.05) is 18.2 Å². The molecule has 0 radical (unpaired) electrons. The zero-order chi connectivity index (χ0) is 16.5. The molecule has 0 fully saturated rings. The summed E-state index contributed by atoms with van der Waals surface area (Å²) in [6, 6.07) is 19.0. The van der Waals surface area contributed by atoms with Gasteiger partial charge < -0.3 is 0 Å². The molecule has 0 amide bonds. The number of rotatable bonds is 8. The minimum Gasteiger partial charge on any atom is -0.295 e. The summed E-state index contributed by atoms with van der Waals surface area (Å²) in [7, 11) is 0. The lowest BCUT2D eigenvalue weighted by Crippen LogP contribution is -2.24. The first-order chi connectivity index (χ1) is 11.2. The molecule has 118 valence electrons. The Morgan fingerprint density at radius 1 is 1.00 bits per heavy atom. The topological polar surface area (TPSA) is 70.2 Å². The molecule has 5 heteroatoms. The molecule has 0 unspecified atom stereocenters. The zero-order valence-electron chi connectivity index (χ0n) is 12.9. The van der Waals surface area contributed by atoms with Crippen molar-refractivity contribution in [3.05, 3.63) is 75.8 Å². The summed E-state index contributed by atoms with van der Waals surface area (Å²) in [4.78, 5) is 12.6. The van der Waals surface area contributed by atoms with Gasteiger partial charge in [0, 0.05) is 31.6 Å². The summed E-state index contributed by atoms with van der Waals surface area (Å²) in [5.74, 6) is 0. The van der Waals surface area contributed by atoms with E-state index in [0.29, 0.717) is 13.0 Å². The molecule has 0 N–H and O–H groups in total. The number of nitro groups is 1. The Morgan fingerprint density at radius 3 is 2.17 bits per heavy atom. The van der Waals surface area contributed by atoms with Crippen molar-refractivity contribution in [2.24, 2.45) is 0 Å². The molecule has 0 aromatic heterocycles. The highest BCUT2D eigenvalue weighted by Crippen LogP contribution is 2.15. The molecule has 5 nitrogen and oxygen atoms in total. The third kappa shape index (κ3) is 5.53. The first-order valence-corrected chi connectivity index (χ1v) is 7.55. The lowest BCUT2D eigenvalue weighted by molar-refractivity contribution is -0.384. The summed E-state index contributed by atoms with van der Waals surface area (Å²) < 4.78 is 0. The van der Waals surface area contributed by atoms with Crippen LogP contribution in [-0.2, 0) is 13.1 Å². The average Bonchev–Trinajstić information content (AvgIpc) is 2.56. The second kappa shape index (κ2) is 8.66. The second-order valence-electron chi connectivity index (χ2n) is 5.38. The highest BCUT2D eigenvalue weighted by molar-refractivity contribution is 5.32. The molecule has 2 aromatic carbocycles. The second-order valence-corrected chi connectivity index (χ2v) is 5.38. The standard InChI is InChI=1S/C18H19N3O2/c19-12-4-5-13-20(14-16-6-2-1-3-7-16)15-17-8-10-18(11-9-17)21(22)23/h1-3,6-11H,4-5,13-15H2. The molecule has 0 aliphatic carbocycles. The molecular formula is C18H19N3O2. The Balaban J connectivity index is 2.04. The quantitative estimate of drug-likeness (QED) is 0.421. The summed E-state index contributed by atoms with van der Waals surface area (Å²) in [6.07, 6.45) is 1.35. The largest absolute Gasteiger partial charge is 0.295 e. The van der Waals surface area contributed by atoms with Gasteiger partial charge in [-0.15, -0.1) is 0 Å². The Hall–Kier alpha value is -2.71. The van der Waals surface area contributed by atoms with Crippen LogP contribution in [-0.4, -0.2) is 16.4 Å². The number of nitro benzene ring substituents is 1. The van der Waals surface area contributed by atoms with Crippen molar-refractivity contribution in [3.63, 3.8) is 0 Å². The van der Waals surface area contributed by atoms with Crippen molar-refractivity contribution in [1.29, 1.82) is 5.26 Å². The van der Waals surface area contributed by atoms with E-state index in [2.05, 4.69) is 23.1 Å². The van der Waals surface area contributed by atoms with Crippen molar-refractivity contribution in [1.82, 2.24) is 4.90 Å². The minimum atomic E-state index is -0.390. The van der Waals surface area contributed by atoms with E-state index in [1.54, 1.807) is 12.1 Å². The van der Waals surface area contributed by atoms with Crippen LogP contribution in [0.25, 0.3) is 0 Å². The highest BCUT2D eigenvalue weighted by Gasteiger charge is 2.09. The molecule has 23 heavy (non-hydrogen) atoms. The van der Waals surface area contributed by atoms with E-state index >= 15 is 0 Å². The molecule has 0 bridgehead atoms. The fourth-order valence-electron chi connectivity index (χ4n) is 2.42. The molecule has 0 saturated carbocycles. The molecule has 0 heterocycles. The fourth-order valence-corrected chi connectivity index (χ4v) is 2.42. The number of nitrogens with zero attached hydrogens (tertiary/aromatic N) is 3. The van der Waals surface area contributed by atoms with Gasteiger partial charge in [0.25, 0.3) is 5.69 Å². The van der Waals surface area contributed by atoms with E-state index in [0.717, 1.165) is 25.1 Å². The van der Waals surface area contributed by atoms with Crippen molar-refractivity contribution in [3.8, 4) is 6.07 Å². The average molecular weight is 309 g/mol.